The lowest BCUT2D eigenvalue weighted by atomic mass is 9.92. The Morgan fingerprint density at radius 2 is 1.69 bits per heavy atom. The van der Waals surface area contributed by atoms with E-state index in [1.54, 1.807) is 43.4 Å². The predicted octanol–water partition coefficient (Wildman–Crippen LogP) is 5.81. The van der Waals surface area contributed by atoms with Crippen LogP contribution in [0, 0.1) is 23.7 Å². The van der Waals surface area contributed by atoms with Crippen molar-refractivity contribution in [2.75, 3.05) is 32.7 Å². The molecule has 15 heteroatoms. The van der Waals surface area contributed by atoms with Crippen LogP contribution in [0.4, 0.5) is 5.69 Å². The quantitative estimate of drug-likeness (QED) is 0.0601. The standard InChI is InChI=1S/C43H68N6O8S/c1-10-28(7)38(48-39(51)33-14-12-13-19-45-33)42(53)49(25-57-37(50)20-26(3)4)35(27(5)6)23-36(55-9)41-47-34(24-58-41)40(52)46-32(21-29(8)43(54)56-11-2)22-30-15-17-31(44)18-16-30/h15-18,24,26-29,32-33,35-36,38,45H,10-14,19-23,25,44H2,1-9H3,(H,46,52)(H,48,51)/t28-,29?,32+,33+,35+,36+,38-/m0/s1. The van der Waals surface area contributed by atoms with Gasteiger partial charge in [-0.25, -0.2) is 4.98 Å². The number of aromatic nitrogens is 1. The summed E-state index contributed by atoms with van der Waals surface area (Å²) in [5.74, 6) is -2.43. The van der Waals surface area contributed by atoms with E-state index in [1.165, 1.54) is 11.3 Å². The summed E-state index contributed by atoms with van der Waals surface area (Å²) in [6.07, 6.45) is 3.91. The molecule has 1 saturated heterocycles. The van der Waals surface area contributed by atoms with E-state index in [0.29, 0.717) is 36.4 Å². The molecule has 3 rings (SSSR count). The van der Waals surface area contributed by atoms with Gasteiger partial charge in [-0.3, -0.25) is 24.0 Å². The SMILES string of the molecule is CCOC(=O)C(C)C[C@H](Cc1ccc(N)cc1)NC(=O)c1csc([C@@H](C[C@H](C(C)C)N(COC(=O)CC(C)C)C(=O)[C@@H](NC(=O)[C@H]2CCCCN2)[C@@H](C)CC)OC)n1. The first-order chi connectivity index (χ1) is 27.6. The molecule has 1 aliphatic heterocycles. The number of ether oxygens (including phenoxy) is 3. The third-order valence-corrected chi connectivity index (χ3v) is 11.6. The van der Waals surface area contributed by atoms with Gasteiger partial charge in [-0.1, -0.05) is 73.4 Å². The van der Waals surface area contributed by atoms with Crippen molar-refractivity contribution < 1.29 is 38.2 Å². The number of anilines is 1. The van der Waals surface area contributed by atoms with Crippen molar-refractivity contribution in [1.82, 2.24) is 25.8 Å². The van der Waals surface area contributed by atoms with Crippen molar-refractivity contribution in [3.05, 3.63) is 45.9 Å². The topological polar surface area (TPSA) is 191 Å². The highest BCUT2D eigenvalue weighted by molar-refractivity contribution is 7.09. The van der Waals surface area contributed by atoms with Crippen LogP contribution < -0.4 is 21.7 Å². The van der Waals surface area contributed by atoms with Crippen molar-refractivity contribution in [3.8, 4) is 0 Å². The molecule has 14 nitrogen and oxygen atoms in total. The van der Waals surface area contributed by atoms with Crippen LogP contribution in [0.25, 0.3) is 0 Å². The van der Waals surface area contributed by atoms with Crippen LogP contribution in [0.15, 0.2) is 29.6 Å². The van der Waals surface area contributed by atoms with Crippen LogP contribution in [0.5, 0.6) is 0 Å². The minimum Gasteiger partial charge on any atom is -0.466 e. The van der Waals surface area contributed by atoms with Gasteiger partial charge < -0.3 is 40.8 Å². The van der Waals surface area contributed by atoms with E-state index in [-0.39, 0.29) is 73.5 Å². The fourth-order valence-electron chi connectivity index (χ4n) is 7.06. The second kappa shape index (κ2) is 24.1. The van der Waals surface area contributed by atoms with Gasteiger partial charge in [0.2, 0.25) is 11.8 Å². The molecule has 1 aromatic carbocycles. The molecular weight excluding hydrogens is 761 g/mol. The molecule has 2 heterocycles. The lowest BCUT2D eigenvalue weighted by molar-refractivity contribution is -0.160. The number of rotatable bonds is 23. The van der Waals surface area contributed by atoms with E-state index in [4.69, 9.17) is 24.9 Å². The summed E-state index contributed by atoms with van der Waals surface area (Å²) in [6, 6.07) is 5.24. The summed E-state index contributed by atoms with van der Waals surface area (Å²) in [5.41, 5.74) is 7.66. The molecular formula is C43H68N6O8S. The average molecular weight is 829 g/mol. The van der Waals surface area contributed by atoms with Gasteiger partial charge in [0, 0.05) is 43.1 Å². The van der Waals surface area contributed by atoms with Gasteiger partial charge in [-0.05, 0) is 74.6 Å². The Kier molecular flexibility index (Phi) is 20.1. The second-order valence-corrected chi connectivity index (χ2v) is 17.2. The maximum Gasteiger partial charge on any atom is 0.308 e. The number of amides is 3. The number of carbonyl (C=O) groups excluding carboxylic acids is 5. The number of thiazole rings is 1. The maximum absolute atomic E-state index is 14.7. The monoisotopic (exact) mass is 828 g/mol. The molecule has 0 radical (unpaired) electrons. The van der Waals surface area contributed by atoms with Gasteiger partial charge in [-0.2, -0.15) is 0 Å². The lowest BCUT2D eigenvalue weighted by Crippen LogP contribution is -2.59. The molecule has 0 spiro atoms. The normalized spacial score (nSPS) is 17.4. The largest absolute Gasteiger partial charge is 0.466 e. The molecule has 1 fully saturated rings. The zero-order valence-electron chi connectivity index (χ0n) is 36.0. The summed E-state index contributed by atoms with van der Waals surface area (Å²) >= 11 is 1.27. The number of methoxy groups -OCH3 is 1. The van der Waals surface area contributed by atoms with Crippen molar-refractivity contribution in [2.45, 2.75) is 137 Å². The molecule has 3 amide bonds. The Bertz CT molecular complexity index is 1610. The maximum atomic E-state index is 14.7. The van der Waals surface area contributed by atoms with Crippen LogP contribution in [0.2, 0.25) is 0 Å². The Hall–Kier alpha value is -4.08. The Morgan fingerprint density at radius 3 is 2.28 bits per heavy atom. The fourth-order valence-corrected chi connectivity index (χ4v) is 7.95. The first-order valence-corrected chi connectivity index (χ1v) is 21.8. The van der Waals surface area contributed by atoms with E-state index < -0.39 is 42.0 Å². The first kappa shape index (κ1) is 48.3. The molecule has 5 N–H and O–H groups in total. The van der Waals surface area contributed by atoms with Gasteiger partial charge in [0.15, 0.2) is 6.73 Å². The van der Waals surface area contributed by atoms with E-state index in [9.17, 15) is 24.0 Å². The molecule has 1 unspecified atom stereocenters. The molecule has 58 heavy (non-hydrogen) atoms. The van der Waals surface area contributed by atoms with E-state index in [2.05, 4.69) is 16.0 Å². The highest BCUT2D eigenvalue weighted by atomic mass is 32.1. The minimum absolute atomic E-state index is 0.0656. The number of hydrogen-bond donors (Lipinski definition) is 4. The minimum atomic E-state index is -0.852. The van der Waals surface area contributed by atoms with Crippen LogP contribution in [0.1, 0.15) is 127 Å². The second-order valence-electron chi connectivity index (χ2n) is 16.3. The summed E-state index contributed by atoms with van der Waals surface area (Å²) in [5, 5.41) is 11.6. The summed E-state index contributed by atoms with van der Waals surface area (Å²) in [4.78, 5) is 73.6. The molecule has 2 aromatic rings. The highest BCUT2D eigenvalue weighted by Crippen LogP contribution is 2.31. The zero-order valence-corrected chi connectivity index (χ0v) is 36.8. The summed E-state index contributed by atoms with van der Waals surface area (Å²) in [7, 11) is 1.55. The third kappa shape index (κ3) is 14.9. The number of nitrogens with zero attached hydrogens (tertiary/aromatic N) is 2. The smallest absolute Gasteiger partial charge is 0.308 e. The number of piperidine rings is 1. The first-order valence-electron chi connectivity index (χ1n) is 20.9. The Morgan fingerprint density at radius 1 is 0.983 bits per heavy atom. The number of carbonyl (C=O) groups is 5. The molecule has 0 saturated carbocycles. The number of benzene rings is 1. The van der Waals surface area contributed by atoms with Crippen LogP contribution in [-0.2, 0) is 39.8 Å². The Labute approximate surface area is 349 Å². The van der Waals surface area contributed by atoms with Crippen LogP contribution in [-0.4, -0.2) is 90.7 Å². The number of esters is 2. The predicted molar refractivity (Wildman–Crippen MR) is 226 cm³/mol. The van der Waals surface area contributed by atoms with Gasteiger partial charge in [0.1, 0.15) is 22.8 Å². The average Bonchev–Trinajstić information content (AvgIpc) is 3.69. The molecule has 0 aliphatic carbocycles. The van der Waals surface area contributed by atoms with E-state index in [0.717, 1.165) is 24.9 Å². The third-order valence-electron chi connectivity index (χ3n) is 10.7. The van der Waals surface area contributed by atoms with Crippen molar-refractivity contribution in [3.63, 3.8) is 0 Å². The van der Waals surface area contributed by atoms with Gasteiger partial charge >= 0.3 is 11.9 Å². The molecule has 1 aromatic heterocycles. The molecule has 7 atom stereocenters. The molecule has 0 bridgehead atoms. The van der Waals surface area contributed by atoms with Crippen molar-refractivity contribution in [2.24, 2.45) is 23.7 Å². The highest BCUT2D eigenvalue weighted by Gasteiger charge is 2.38. The van der Waals surface area contributed by atoms with Gasteiger partial charge in [-0.15, -0.1) is 11.3 Å². The van der Waals surface area contributed by atoms with Gasteiger partial charge in [0.25, 0.3) is 5.91 Å². The van der Waals surface area contributed by atoms with Gasteiger partial charge in [0.05, 0.1) is 18.6 Å². The number of nitrogen functional groups attached to an aromatic ring is 1. The van der Waals surface area contributed by atoms with Crippen LogP contribution in [0.3, 0.4) is 0 Å². The molecule has 1 aliphatic rings. The van der Waals surface area contributed by atoms with E-state index in [1.807, 2.05) is 53.7 Å². The van der Waals surface area contributed by atoms with Crippen molar-refractivity contribution in [1.29, 1.82) is 0 Å². The number of nitrogens with one attached hydrogen (secondary N) is 3. The van der Waals surface area contributed by atoms with Crippen molar-refractivity contribution >= 4 is 46.7 Å². The Balaban J connectivity index is 1.89. The fraction of sp³-hybridized carbons (Fsp3) is 0.674. The molecule has 324 valence electrons. The van der Waals surface area contributed by atoms with E-state index >= 15 is 0 Å². The summed E-state index contributed by atoms with van der Waals surface area (Å²) in [6.45, 7) is 16.0. The summed E-state index contributed by atoms with van der Waals surface area (Å²) < 4.78 is 17.0. The zero-order chi connectivity index (χ0) is 42.9. The van der Waals surface area contributed by atoms with Crippen LogP contribution >= 0.6 is 11.3 Å². The lowest BCUT2D eigenvalue weighted by Gasteiger charge is -2.39. The number of nitrogens with two attached hydrogens (primary N) is 1. The number of hydrogen-bond acceptors (Lipinski definition) is 12.